The minimum Gasteiger partial charge on any atom is -0.494 e. The number of carbonyl (C=O) groups is 2. The zero-order valence-electron chi connectivity index (χ0n) is 18.6. The zero-order chi connectivity index (χ0) is 23.1. The summed E-state index contributed by atoms with van der Waals surface area (Å²) in [5.74, 6) is 1.23. The van der Waals surface area contributed by atoms with E-state index in [1.165, 1.54) is 27.5 Å². The monoisotopic (exact) mass is 441 g/mol. The second-order valence-corrected chi connectivity index (χ2v) is 7.03. The van der Waals surface area contributed by atoms with Crippen molar-refractivity contribution in [2.75, 3.05) is 39.4 Å². The largest absolute Gasteiger partial charge is 0.494 e. The minimum atomic E-state index is -0.494. The van der Waals surface area contributed by atoms with E-state index < -0.39 is 5.92 Å². The van der Waals surface area contributed by atoms with Gasteiger partial charge in [-0.1, -0.05) is 0 Å². The third-order valence-corrected chi connectivity index (χ3v) is 5.03. The van der Waals surface area contributed by atoms with Crippen LogP contribution in [0.2, 0.25) is 0 Å². The first-order valence-electron chi connectivity index (χ1n) is 10.2. The molecule has 0 radical (unpaired) electrons. The number of methoxy groups -OCH3 is 3. The first-order chi connectivity index (χ1) is 15.5. The lowest BCUT2D eigenvalue weighted by molar-refractivity contribution is -0.126. The van der Waals surface area contributed by atoms with Crippen molar-refractivity contribution in [3.05, 3.63) is 42.0 Å². The van der Waals surface area contributed by atoms with Crippen molar-refractivity contribution in [1.82, 2.24) is 5.43 Å². The van der Waals surface area contributed by atoms with Gasteiger partial charge in [-0.2, -0.15) is 5.10 Å². The van der Waals surface area contributed by atoms with Crippen LogP contribution in [0.5, 0.6) is 23.0 Å². The fourth-order valence-corrected chi connectivity index (χ4v) is 3.46. The number of carbonyl (C=O) groups excluding carboxylic acids is 2. The molecule has 32 heavy (non-hydrogen) atoms. The van der Waals surface area contributed by atoms with Crippen LogP contribution in [0.15, 0.2) is 41.5 Å². The number of benzene rings is 2. The Morgan fingerprint density at radius 3 is 2.34 bits per heavy atom. The molecule has 0 aliphatic carbocycles. The number of nitrogens with one attached hydrogen (secondary N) is 1. The van der Waals surface area contributed by atoms with Gasteiger partial charge in [0.15, 0.2) is 11.5 Å². The van der Waals surface area contributed by atoms with E-state index >= 15 is 0 Å². The molecule has 1 aliphatic heterocycles. The summed E-state index contributed by atoms with van der Waals surface area (Å²) in [6.07, 6.45) is 1.60. The summed E-state index contributed by atoms with van der Waals surface area (Å²) in [5.41, 5.74) is 3.90. The van der Waals surface area contributed by atoms with Crippen LogP contribution in [-0.2, 0) is 9.59 Å². The number of anilines is 1. The van der Waals surface area contributed by atoms with Gasteiger partial charge >= 0.3 is 0 Å². The van der Waals surface area contributed by atoms with Crippen molar-refractivity contribution >= 4 is 23.7 Å². The van der Waals surface area contributed by atoms with E-state index in [-0.39, 0.29) is 18.2 Å². The van der Waals surface area contributed by atoms with Crippen molar-refractivity contribution in [3.63, 3.8) is 0 Å². The van der Waals surface area contributed by atoms with E-state index in [1.807, 2.05) is 19.1 Å². The number of rotatable bonds is 9. The number of ether oxygens (including phenoxy) is 4. The van der Waals surface area contributed by atoms with E-state index in [4.69, 9.17) is 18.9 Å². The number of hydrazone groups is 1. The Balaban J connectivity index is 1.63. The van der Waals surface area contributed by atoms with Gasteiger partial charge in [-0.25, -0.2) is 5.43 Å². The Hall–Kier alpha value is -3.75. The molecule has 0 bridgehead atoms. The summed E-state index contributed by atoms with van der Waals surface area (Å²) in [7, 11) is 4.56. The van der Waals surface area contributed by atoms with E-state index in [0.717, 1.165) is 11.4 Å². The molecule has 2 aromatic rings. The fraction of sp³-hybridized carbons (Fsp3) is 0.348. The number of hydrogen-bond acceptors (Lipinski definition) is 7. The lowest BCUT2D eigenvalue weighted by Crippen LogP contribution is -2.30. The molecule has 170 valence electrons. The zero-order valence-corrected chi connectivity index (χ0v) is 18.6. The second kappa shape index (κ2) is 10.5. The van der Waals surface area contributed by atoms with Crippen LogP contribution in [-0.4, -0.2) is 52.5 Å². The summed E-state index contributed by atoms with van der Waals surface area (Å²) in [6.45, 7) is 2.77. The average molecular weight is 441 g/mol. The van der Waals surface area contributed by atoms with Gasteiger partial charge in [0.25, 0.3) is 0 Å². The van der Waals surface area contributed by atoms with Gasteiger partial charge < -0.3 is 23.8 Å². The molecular formula is C23H27N3O6. The molecular weight excluding hydrogens is 414 g/mol. The van der Waals surface area contributed by atoms with Crippen molar-refractivity contribution in [2.24, 2.45) is 11.0 Å². The highest BCUT2D eigenvalue weighted by atomic mass is 16.5. The Kier molecular flexibility index (Phi) is 7.54. The molecule has 0 spiro atoms. The van der Waals surface area contributed by atoms with E-state index in [0.29, 0.717) is 36.0 Å². The van der Waals surface area contributed by atoms with Crippen LogP contribution in [0.25, 0.3) is 0 Å². The Labute approximate surface area is 186 Å². The van der Waals surface area contributed by atoms with E-state index in [1.54, 1.807) is 29.2 Å². The molecule has 9 nitrogen and oxygen atoms in total. The lowest BCUT2D eigenvalue weighted by Gasteiger charge is -2.17. The molecule has 1 aliphatic rings. The molecule has 2 aromatic carbocycles. The normalized spacial score (nSPS) is 15.7. The Morgan fingerprint density at radius 2 is 1.78 bits per heavy atom. The van der Waals surface area contributed by atoms with Crippen molar-refractivity contribution in [3.8, 4) is 23.0 Å². The minimum absolute atomic E-state index is 0.108. The third-order valence-electron chi connectivity index (χ3n) is 5.03. The quantitative estimate of drug-likeness (QED) is 0.475. The Morgan fingerprint density at radius 1 is 1.12 bits per heavy atom. The second-order valence-electron chi connectivity index (χ2n) is 7.03. The molecule has 1 fully saturated rings. The molecule has 0 saturated carbocycles. The van der Waals surface area contributed by atoms with Crippen LogP contribution in [0, 0.1) is 5.92 Å². The van der Waals surface area contributed by atoms with Crippen LogP contribution < -0.4 is 29.3 Å². The highest BCUT2D eigenvalue weighted by Crippen LogP contribution is 2.37. The summed E-state index contributed by atoms with van der Waals surface area (Å²) in [6, 6.07) is 10.7. The van der Waals surface area contributed by atoms with Crippen molar-refractivity contribution in [2.45, 2.75) is 13.3 Å². The van der Waals surface area contributed by atoms with Crippen LogP contribution in [0.4, 0.5) is 5.69 Å². The fourth-order valence-electron chi connectivity index (χ4n) is 3.46. The van der Waals surface area contributed by atoms with Gasteiger partial charge in [-0.3, -0.25) is 9.59 Å². The molecule has 1 heterocycles. The number of nitrogens with zero attached hydrogens (tertiary/aromatic N) is 2. The predicted octanol–water partition coefficient (Wildman–Crippen LogP) is 2.61. The maximum absolute atomic E-state index is 12.6. The van der Waals surface area contributed by atoms with Crippen LogP contribution in [0.1, 0.15) is 18.9 Å². The number of amides is 2. The summed E-state index contributed by atoms with van der Waals surface area (Å²) in [4.78, 5) is 26.6. The molecule has 1 atom stereocenters. The van der Waals surface area contributed by atoms with E-state index in [2.05, 4.69) is 10.5 Å². The molecule has 3 rings (SSSR count). The summed E-state index contributed by atoms with van der Waals surface area (Å²) < 4.78 is 21.3. The molecule has 1 saturated heterocycles. The molecule has 2 amide bonds. The standard InChI is InChI=1S/C23H27N3O6/c1-5-32-18-8-6-17(7-9-18)26-14-16(12-21(26)27)23(28)25-24-13-15-10-19(29-2)22(31-4)20(11-15)30-3/h6-11,13,16H,5,12,14H2,1-4H3,(H,25,28)/b24-13-/t16-/m1/s1. The van der Waals surface area contributed by atoms with Gasteiger partial charge in [0.05, 0.1) is 40.1 Å². The first-order valence-corrected chi connectivity index (χ1v) is 10.2. The maximum Gasteiger partial charge on any atom is 0.245 e. The highest BCUT2D eigenvalue weighted by molar-refractivity contribution is 6.00. The van der Waals surface area contributed by atoms with Crippen LogP contribution >= 0.6 is 0 Å². The molecule has 1 N–H and O–H groups in total. The SMILES string of the molecule is CCOc1ccc(N2C[C@H](C(=O)N/N=C\c3cc(OC)c(OC)c(OC)c3)CC2=O)cc1. The van der Waals surface area contributed by atoms with Gasteiger partial charge in [0, 0.05) is 24.2 Å². The van der Waals surface area contributed by atoms with Crippen molar-refractivity contribution < 1.29 is 28.5 Å². The maximum atomic E-state index is 12.6. The first kappa shape index (κ1) is 22.9. The van der Waals surface area contributed by atoms with Gasteiger partial charge in [-0.05, 0) is 43.3 Å². The predicted molar refractivity (Wildman–Crippen MR) is 120 cm³/mol. The highest BCUT2D eigenvalue weighted by Gasteiger charge is 2.35. The average Bonchev–Trinajstić information content (AvgIpc) is 3.20. The van der Waals surface area contributed by atoms with E-state index in [9.17, 15) is 9.59 Å². The molecule has 0 aromatic heterocycles. The van der Waals surface area contributed by atoms with Crippen molar-refractivity contribution in [1.29, 1.82) is 0 Å². The van der Waals surface area contributed by atoms with Crippen LogP contribution in [0.3, 0.4) is 0 Å². The Bertz CT molecular complexity index is 965. The number of hydrogen-bond donors (Lipinski definition) is 1. The molecule has 9 heteroatoms. The summed E-state index contributed by atoms with van der Waals surface area (Å²) >= 11 is 0. The smallest absolute Gasteiger partial charge is 0.245 e. The lowest BCUT2D eigenvalue weighted by atomic mass is 10.1. The van der Waals surface area contributed by atoms with Gasteiger partial charge in [0.2, 0.25) is 17.6 Å². The summed E-state index contributed by atoms with van der Waals surface area (Å²) in [5, 5.41) is 4.02. The van der Waals surface area contributed by atoms with Gasteiger partial charge in [0.1, 0.15) is 5.75 Å². The topological polar surface area (TPSA) is 98.7 Å². The third kappa shape index (κ3) is 5.11. The van der Waals surface area contributed by atoms with Gasteiger partial charge in [-0.15, -0.1) is 0 Å². The molecule has 0 unspecified atom stereocenters.